The molecule has 1 aliphatic rings. The zero-order valence-electron chi connectivity index (χ0n) is 12.3. The summed E-state index contributed by atoms with van der Waals surface area (Å²) in [5, 5.41) is 2.41. The zero-order chi connectivity index (χ0) is 16.7. The first-order chi connectivity index (χ1) is 10.3. The Morgan fingerprint density at radius 2 is 1.91 bits per heavy atom. The van der Waals surface area contributed by atoms with Crippen molar-refractivity contribution < 1.29 is 33.4 Å². The highest BCUT2D eigenvalue weighted by Crippen LogP contribution is 2.13. The van der Waals surface area contributed by atoms with Crippen LogP contribution in [0.5, 0.6) is 0 Å². The van der Waals surface area contributed by atoms with E-state index in [0.717, 1.165) is 12.2 Å². The van der Waals surface area contributed by atoms with E-state index in [1.165, 1.54) is 0 Å². The SMILES string of the molecule is C=C1CC(OC(=O)/C=C/C(=O)OCOC(=O)C(C)C)C(=O)N1. The maximum absolute atomic E-state index is 11.4. The van der Waals surface area contributed by atoms with Crippen molar-refractivity contribution in [2.45, 2.75) is 26.4 Å². The van der Waals surface area contributed by atoms with Crippen molar-refractivity contribution in [3.05, 3.63) is 24.4 Å². The van der Waals surface area contributed by atoms with Crippen LogP contribution in [0.4, 0.5) is 0 Å². The fourth-order valence-corrected chi connectivity index (χ4v) is 1.39. The third-order valence-electron chi connectivity index (χ3n) is 2.51. The van der Waals surface area contributed by atoms with Crippen LogP contribution in [0.3, 0.4) is 0 Å². The summed E-state index contributed by atoms with van der Waals surface area (Å²) in [5.74, 6) is -3.06. The summed E-state index contributed by atoms with van der Waals surface area (Å²) in [7, 11) is 0. The summed E-state index contributed by atoms with van der Waals surface area (Å²) >= 11 is 0. The lowest BCUT2D eigenvalue weighted by Crippen LogP contribution is -2.26. The molecule has 0 aromatic heterocycles. The van der Waals surface area contributed by atoms with Gasteiger partial charge in [0.2, 0.25) is 6.79 Å². The molecule has 0 spiro atoms. The number of hydrogen-bond donors (Lipinski definition) is 1. The molecule has 0 saturated carbocycles. The topological polar surface area (TPSA) is 108 Å². The number of amides is 1. The first kappa shape index (κ1) is 17.4. The molecule has 0 aromatic carbocycles. The highest BCUT2D eigenvalue weighted by atomic mass is 16.7. The van der Waals surface area contributed by atoms with Crippen LogP contribution in [0.2, 0.25) is 0 Å². The van der Waals surface area contributed by atoms with Crippen molar-refractivity contribution in [1.29, 1.82) is 0 Å². The average molecular weight is 311 g/mol. The van der Waals surface area contributed by atoms with Gasteiger partial charge in [-0.05, 0) is 0 Å². The van der Waals surface area contributed by atoms with E-state index in [9.17, 15) is 19.2 Å². The zero-order valence-corrected chi connectivity index (χ0v) is 12.3. The Morgan fingerprint density at radius 1 is 1.27 bits per heavy atom. The van der Waals surface area contributed by atoms with Crippen molar-refractivity contribution in [2.75, 3.05) is 6.79 Å². The number of hydrogen-bond acceptors (Lipinski definition) is 7. The summed E-state index contributed by atoms with van der Waals surface area (Å²) in [6.45, 7) is 6.26. The van der Waals surface area contributed by atoms with E-state index in [4.69, 9.17) is 4.74 Å². The number of carbonyl (C=O) groups excluding carboxylic acids is 4. The van der Waals surface area contributed by atoms with Crippen molar-refractivity contribution in [1.82, 2.24) is 5.32 Å². The summed E-state index contributed by atoms with van der Waals surface area (Å²) in [6, 6.07) is 0. The molecule has 1 N–H and O–H groups in total. The fourth-order valence-electron chi connectivity index (χ4n) is 1.39. The molecule has 120 valence electrons. The van der Waals surface area contributed by atoms with Crippen molar-refractivity contribution in [3.8, 4) is 0 Å². The van der Waals surface area contributed by atoms with E-state index < -0.39 is 36.7 Å². The van der Waals surface area contributed by atoms with Gasteiger partial charge in [0.05, 0.1) is 5.92 Å². The lowest BCUT2D eigenvalue weighted by Gasteiger charge is -2.07. The molecule has 1 unspecified atom stereocenters. The first-order valence-electron chi connectivity index (χ1n) is 6.50. The van der Waals surface area contributed by atoms with Crippen LogP contribution in [-0.2, 0) is 33.4 Å². The molecule has 0 radical (unpaired) electrons. The van der Waals surface area contributed by atoms with E-state index in [1.807, 2.05) is 0 Å². The lowest BCUT2D eigenvalue weighted by atomic mass is 10.2. The summed E-state index contributed by atoms with van der Waals surface area (Å²) in [5.41, 5.74) is 0.457. The van der Waals surface area contributed by atoms with Gasteiger partial charge in [0.1, 0.15) is 0 Å². The first-order valence-corrected chi connectivity index (χ1v) is 6.50. The van der Waals surface area contributed by atoms with Gasteiger partial charge in [-0.2, -0.15) is 0 Å². The van der Waals surface area contributed by atoms with Crippen LogP contribution in [0.25, 0.3) is 0 Å². The quantitative estimate of drug-likeness (QED) is 0.423. The highest BCUT2D eigenvalue weighted by Gasteiger charge is 2.29. The molecule has 1 aliphatic heterocycles. The molecule has 1 atom stereocenters. The summed E-state index contributed by atoms with van der Waals surface area (Å²) in [4.78, 5) is 45.1. The molecule has 1 rings (SSSR count). The van der Waals surface area contributed by atoms with Crippen LogP contribution < -0.4 is 5.32 Å². The monoisotopic (exact) mass is 311 g/mol. The summed E-state index contributed by atoms with van der Waals surface area (Å²) in [6.07, 6.45) is 0.870. The Bertz CT molecular complexity index is 521. The molecule has 1 heterocycles. The highest BCUT2D eigenvalue weighted by molar-refractivity contribution is 5.94. The van der Waals surface area contributed by atoms with Crippen LogP contribution in [0.15, 0.2) is 24.4 Å². The standard InChI is InChI=1S/C14H17NO7/c1-8(2)14(19)21-7-20-11(16)4-5-12(17)22-10-6-9(3)15-13(10)18/h4-5,8,10H,3,6-7H2,1-2H3,(H,15,18)/b5-4+. The van der Waals surface area contributed by atoms with E-state index >= 15 is 0 Å². The van der Waals surface area contributed by atoms with Gasteiger partial charge < -0.3 is 19.5 Å². The Balaban J connectivity index is 2.30. The average Bonchev–Trinajstić information content (AvgIpc) is 2.74. The van der Waals surface area contributed by atoms with Gasteiger partial charge in [-0.15, -0.1) is 0 Å². The second-order valence-corrected chi connectivity index (χ2v) is 4.76. The summed E-state index contributed by atoms with van der Waals surface area (Å²) < 4.78 is 14.0. The third-order valence-corrected chi connectivity index (χ3v) is 2.51. The van der Waals surface area contributed by atoms with Gasteiger partial charge in [-0.1, -0.05) is 20.4 Å². The fraction of sp³-hybridized carbons (Fsp3) is 0.429. The molecule has 1 fully saturated rings. The molecular formula is C14H17NO7. The molecule has 0 aliphatic carbocycles. The maximum Gasteiger partial charge on any atom is 0.333 e. The second kappa shape index (κ2) is 7.96. The Labute approximate surface area is 127 Å². The van der Waals surface area contributed by atoms with Crippen LogP contribution >= 0.6 is 0 Å². The van der Waals surface area contributed by atoms with E-state index in [-0.39, 0.29) is 12.3 Å². The third kappa shape index (κ3) is 5.78. The molecule has 8 heteroatoms. The van der Waals surface area contributed by atoms with E-state index in [2.05, 4.69) is 21.4 Å². The Morgan fingerprint density at radius 3 is 2.45 bits per heavy atom. The number of esters is 3. The predicted molar refractivity (Wildman–Crippen MR) is 72.8 cm³/mol. The number of nitrogens with one attached hydrogen (secondary N) is 1. The minimum atomic E-state index is -0.951. The Kier molecular flexibility index (Phi) is 6.30. The normalized spacial score (nSPS) is 17.5. The van der Waals surface area contributed by atoms with Crippen LogP contribution in [0.1, 0.15) is 20.3 Å². The number of carbonyl (C=O) groups is 4. The van der Waals surface area contributed by atoms with Gasteiger partial charge in [0.15, 0.2) is 6.10 Å². The van der Waals surface area contributed by atoms with Gasteiger partial charge in [0.25, 0.3) is 5.91 Å². The molecule has 22 heavy (non-hydrogen) atoms. The van der Waals surface area contributed by atoms with Gasteiger partial charge in [-0.25, -0.2) is 9.59 Å². The molecule has 0 aromatic rings. The minimum absolute atomic E-state index is 0.189. The van der Waals surface area contributed by atoms with Crippen LogP contribution in [-0.4, -0.2) is 36.7 Å². The van der Waals surface area contributed by atoms with E-state index in [1.54, 1.807) is 13.8 Å². The molecule has 0 bridgehead atoms. The van der Waals surface area contributed by atoms with Gasteiger partial charge in [-0.3, -0.25) is 9.59 Å². The molecule has 1 saturated heterocycles. The van der Waals surface area contributed by atoms with Gasteiger partial charge in [0, 0.05) is 24.3 Å². The van der Waals surface area contributed by atoms with Crippen molar-refractivity contribution in [3.63, 3.8) is 0 Å². The predicted octanol–water partition coefficient (Wildman–Crippen LogP) is 0.188. The number of rotatable bonds is 6. The van der Waals surface area contributed by atoms with Crippen LogP contribution in [0, 0.1) is 5.92 Å². The maximum atomic E-state index is 11.4. The van der Waals surface area contributed by atoms with Crippen molar-refractivity contribution >= 4 is 23.8 Å². The minimum Gasteiger partial charge on any atom is -0.449 e. The lowest BCUT2D eigenvalue weighted by molar-refractivity contribution is -0.166. The largest absolute Gasteiger partial charge is 0.449 e. The van der Waals surface area contributed by atoms with Gasteiger partial charge >= 0.3 is 17.9 Å². The van der Waals surface area contributed by atoms with E-state index in [0.29, 0.717) is 5.70 Å². The second-order valence-electron chi connectivity index (χ2n) is 4.76. The molecule has 1 amide bonds. The number of ether oxygens (including phenoxy) is 3. The molecule has 8 nitrogen and oxygen atoms in total. The molecular weight excluding hydrogens is 294 g/mol. The Hall–Kier alpha value is -2.64. The van der Waals surface area contributed by atoms with Crippen molar-refractivity contribution in [2.24, 2.45) is 5.92 Å². The smallest absolute Gasteiger partial charge is 0.333 e.